The minimum atomic E-state index is -3.18. The molecule has 0 aliphatic heterocycles. The first-order valence-electron chi connectivity index (χ1n) is 5.80. The minimum absolute atomic E-state index is 0.335. The fraction of sp³-hybridized carbons (Fsp3) is 0.308. The number of hydrogen-bond donors (Lipinski definition) is 0. The van der Waals surface area contributed by atoms with Gasteiger partial charge in [-0.2, -0.15) is 0 Å². The summed E-state index contributed by atoms with van der Waals surface area (Å²) in [5.41, 5.74) is 0.952. The van der Waals surface area contributed by atoms with Gasteiger partial charge in [0.05, 0.1) is 5.25 Å². The number of thiophene rings is 1. The van der Waals surface area contributed by atoms with Gasteiger partial charge >= 0.3 is 0 Å². The molecule has 0 amide bonds. The van der Waals surface area contributed by atoms with Crippen molar-refractivity contribution in [2.24, 2.45) is 0 Å². The van der Waals surface area contributed by atoms with Gasteiger partial charge in [-0.05, 0) is 31.5 Å². The van der Waals surface area contributed by atoms with Crippen LogP contribution in [-0.4, -0.2) is 18.7 Å². The molecule has 3 nitrogen and oxygen atoms in total. The Morgan fingerprint density at radius 1 is 1.33 bits per heavy atom. The molecule has 0 fully saturated rings. The van der Waals surface area contributed by atoms with Crippen LogP contribution in [0.15, 0.2) is 40.9 Å². The third kappa shape index (κ3) is 2.47. The molecular formula is C13H15NO2S2. The number of aromatic nitrogens is 1. The smallest absolute Gasteiger partial charge is 0.190 e. The van der Waals surface area contributed by atoms with Crippen molar-refractivity contribution in [1.29, 1.82) is 0 Å². The zero-order valence-corrected chi connectivity index (χ0v) is 12.0. The molecule has 0 saturated heterocycles. The van der Waals surface area contributed by atoms with E-state index in [1.165, 1.54) is 11.3 Å². The molecule has 0 spiro atoms. The Hall–Kier alpha value is -1.20. The van der Waals surface area contributed by atoms with Crippen molar-refractivity contribution in [1.82, 2.24) is 4.98 Å². The van der Waals surface area contributed by atoms with Gasteiger partial charge in [0, 0.05) is 22.8 Å². The molecule has 2 aromatic rings. The van der Waals surface area contributed by atoms with Crippen molar-refractivity contribution < 1.29 is 8.42 Å². The van der Waals surface area contributed by atoms with Gasteiger partial charge in [-0.1, -0.05) is 13.0 Å². The Kier molecular flexibility index (Phi) is 3.82. The molecule has 0 unspecified atom stereocenters. The Bertz CT molecular complexity index is 617. The van der Waals surface area contributed by atoms with Gasteiger partial charge in [0.15, 0.2) is 9.84 Å². The van der Waals surface area contributed by atoms with Gasteiger partial charge in [-0.25, -0.2) is 8.42 Å². The Balaban J connectivity index is 2.38. The van der Waals surface area contributed by atoms with E-state index in [0.29, 0.717) is 10.6 Å². The molecule has 96 valence electrons. The van der Waals surface area contributed by atoms with E-state index in [1.54, 1.807) is 25.4 Å². The van der Waals surface area contributed by atoms with Crippen molar-refractivity contribution >= 4 is 21.2 Å². The van der Waals surface area contributed by atoms with Gasteiger partial charge in [0.1, 0.15) is 4.21 Å². The highest BCUT2D eigenvalue weighted by atomic mass is 32.2. The van der Waals surface area contributed by atoms with Crippen LogP contribution in [-0.2, 0) is 9.84 Å². The molecule has 0 aliphatic carbocycles. The second-order valence-electron chi connectivity index (χ2n) is 4.12. The van der Waals surface area contributed by atoms with Crippen LogP contribution in [0.4, 0.5) is 0 Å². The van der Waals surface area contributed by atoms with Crippen molar-refractivity contribution in [2.75, 3.05) is 0 Å². The van der Waals surface area contributed by atoms with Crippen LogP contribution < -0.4 is 0 Å². The average molecular weight is 281 g/mol. The predicted molar refractivity (Wildman–Crippen MR) is 74.5 cm³/mol. The standard InChI is InChI=1S/C13H15NO2S2/c1-3-10(2)18(15,16)13-7-6-12(17-13)11-5-4-8-14-9-11/h4-10H,3H2,1-2H3/t10-/m1/s1. The van der Waals surface area contributed by atoms with Gasteiger partial charge < -0.3 is 0 Å². The van der Waals surface area contributed by atoms with Crippen LogP contribution in [0.25, 0.3) is 10.4 Å². The highest BCUT2D eigenvalue weighted by Gasteiger charge is 2.23. The summed E-state index contributed by atoms with van der Waals surface area (Å²) < 4.78 is 24.8. The summed E-state index contributed by atoms with van der Waals surface area (Å²) >= 11 is 1.31. The first-order valence-corrected chi connectivity index (χ1v) is 8.16. The highest BCUT2D eigenvalue weighted by Crippen LogP contribution is 2.32. The van der Waals surface area contributed by atoms with E-state index in [-0.39, 0.29) is 5.25 Å². The van der Waals surface area contributed by atoms with Gasteiger partial charge in [-0.15, -0.1) is 11.3 Å². The summed E-state index contributed by atoms with van der Waals surface area (Å²) in [5.74, 6) is 0. The topological polar surface area (TPSA) is 47.0 Å². The Morgan fingerprint density at radius 3 is 2.72 bits per heavy atom. The number of hydrogen-bond acceptors (Lipinski definition) is 4. The molecule has 1 atom stereocenters. The molecule has 0 N–H and O–H groups in total. The Morgan fingerprint density at radius 2 is 2.11 bits per heavy atom. The van der Waals surface area contributed by atoms with E-state index in [1.807, 2.05) is 25.1 Å². The van der Waals surface area contributed by atoms with Gasteiger partial charge in [0.25, 0.3) is 0 Å². The lowest BCUT2D eigenvalue weighted by Gasteiger charge is -2.07. The highest BCUT2D eigenvalue weighted by molar-refractivity contribution is 7.94. The fourth-order valence-corrected chi connectivity index (χ4v) is 4.60. The normalized spacial score (nSPS) is 13.4. The summed E-state index contributed by atoms with van der Waals surface area (Å²) in [6.07, 6.45) is 4.07. The van der Waals surface area contributed by atoms with Crippen LogP contribution >= 0.6 is 11.3 Å². The van der Waals surface area contributed by atoms with Crippen LogP contribution in [0.1, 0.15) is 20.3 Å². The summed E-state index contributed by atoms with van der Waals surface area (Å²) in [6.45, 7) is 3.64. The molecule has 5 heteroatoms. The molecule has 0 aromatic carbocycles. The lowest BCUT2D eigenvalue weighted by molar-refractivity contribution is 0.583. The van der Waals surface area contributed by atoms with Crippen molar-refractivity contribution in [3.05, 3.63) is 36.7 Å². The number of pyridine rings is 1. The van der Waals surface area contributed by atoms with Crippen molar-refractivity contribution in [3.63, 3.8) is 0 Å². The third-order valence-corrected chi connectivity index (χ3v) is 6.88. The second-order valence-corrected chi connectivity index (χ2v) is 7.80. The van der Waals surface area contributed by atoms with Gasteiger partial charge in [0.2, 0.25) is 0 Å². The van der Waals surface area contributed by atoms with E-state index in [9.17, 15) is 8.42 Å². The maximum Gasteiger partial charge on any atom is 0.190 e. The quantitative estimate of drug-likeness (QED) is 0.863. The minimum Gasteiger partial charge on any atom is -0.264 e. The predicted octanol–water partition coefficient (Wildman–Crippen LogP) is 3.38. The average Bonchev–Trinajstić information content (AvgIpc) is 2.89. The number of nitrogens with zero attached hydrogens (tertiary/aromatic N) is 1. The number of rotatable bonds is 4. The van der Waals surface area contributed by atoms with Crippen LogP contribution in [0.3, 0.4) is 0 Å². The summed E-state index contributed by atoms with van der Waals surface area (Å²) in [4.78, 5) is 4.98. The molecule has 0 aliphatic rings. The monoisotopic (exact) mass is 281 g/mol. The summed E-state index contributed by atoms with van der Waals surface area (Å²) in [5, 5.41) is -0.335. The molecule has 0 bridgehead atoms. The molecule has 0 saturated carbocycles. The second kappa shape index (κ2) is 5.20. The van der Waals surface area contributed by atoms with Crippen molar-refractivity contribution in [2.45, 2.75) is 29.7 Å². The van der Waals surface area contributed by atoms with E-state index in [0.717, 1.165) is 10.4 Å². The maximum absolute atomic E-state index is 12.2. The fourth-order valence-electron chi connectivity index (χ4n) is 1.55. The van der Waals surface area contributed by atoms with E-state index >= 15 is 0 Å². The van der Waals surface area contributed by atoms with Crippen LogP contribution in [0.2, 0.25) is 0 Å². The van der Waals surface area contributed by atoms with Crippen LogP contribution in [0.5, 0.6) is 0 Å². The maximum atomic E-state index is 12.2. The number of sulfone groups is 1. The largest absolute Gasteiger partial charge is 0.264 e. The SMILES string of the molecule is CC[C@@H](C)S(=O)(=O)c1ccc(-c2cccnc2)s1. The summed E-state index contributed by atoms with van der Waals surface area (Å²) in [7, 11) is -3.18. The first-order chi connectivity index (χ1) is 8.55. The third-order valence-electron chi connectivity index (χ3n) is 2.91. The Labute approximate surface area is 111 Å². The first kappa shape index (κ1) is 13.2. The molecule has 2 aromatic heterocycles. The zero-order valence-electron chi connectivity index (χ0n) is 10.3. The molecule has 0 radical (unpaired) electrons. The zero-order chi connectivity index (χ0) is 13.2. The molecule has 2 rings (SSSR count). The lowest BCUT2D eigenvalue weighted by Crippen LogP contribution is -2.15. The van der Waals surface area contributed by atoms with Crippen molar-refractivity contribution in [3.8, 4) is 10.4 Å². The van der Waals surface area contributed by atoms with E-state index in [2.05, 4.69) is 4.98 Å². The van der Waals surface area contributed by atoms with E-state index < -0.39 is 9.84 Å². The molecular weight excluding hydrogens is 266 g/mol. The molecule has 2 heterocycles. The van der Waals surface area contributed by atoms with Gasteiger partial charge in [-0.3, -0.25) is 4.98 Å². The lowest BCUT2D eigenvalue weighted by atomic mass is 10.2. The molecule has 18 heavy (non-hydrogen) atoms. The van der Waals surface area contributed by atoms with E-state index in [4.69, 9.17) is 0 Å². The summed E-state index contributed by atoms with van der Waals surface area (Å²) in [6, 6.07) is 7.31. The van der Waals surface area contributed by atoms with Crippen LogP contribution in [0, 0.1) is 0 Å².